The molecule has 0 aliphatic carbocycles. The average molecular weight is 193 g/mol. The summed E-state index contributed by atoms with van der Waals surface area (Å²) in [6.07, 6.45) is 0.940. The molecule has 0 aliphatic heterocycles. The Morgan fingerprint density at radius 2 is 2.21 bits per heavy atom. The van der Waals surface area contributed by atoms with Crippen LogP contribution in [0.5, 0.6) is 0 Å². The lowest BCUT2D eigenvalue weighted by atomic mass is 10.1. The molecule has 0 spiro atoms. The van der Waals surface area contributed by atoms with Crippen LogP contribution in [0.25, 0.3) is 0 Å². The van der Waals surface area contributed by atoms with Crippen LogP contribution in [0.1, 0.15) is 38.3 Å². The summed E-state index contributed by atoms with van der Waals surface area (Å²) in [4.78, 5) is 0. The van der Waals surface area contributed by atoms with E-state index in [1.54, 1.807) is 0 Å². The van der Waals surface area contributed by atoms with E-state index >= 15 is 0 Å². The van der Waals surface area contributed by atoms with E-state index in [0.29, 0.717) is 0 Å². The van der Waals surface area contributed by atoms with E-state index in [0.717, 1.165) is 30.1 Å². The molecule has 14 heavy (non-hydrogen) atoms. The fourth-order valence-corrected chi connectivity index (χ4v) is 1.46. The highest BCUT2D eigenvalue weighted by Crippen LogP contribution is 2.22. The van der Waals surface area contributed by atoms with Crippen LogP contribution in [0.2, 0.25) is 0 Å². The van der Waals surface area contributed by atoms with Crippen LogP contribution in [0.3, 0.4) is 0 Å². The molecule has 1 aromatic rings. The van der Waals surface area contributed by atoms with Gasteiger partial charge in [0.05, 0.1) is 6.04 Å². The number of furan rings is 1. The topological polar surface area (TPSA) is 25.2 Å². The average Bonchev–Trinajstić information content (AvgIpc) is 2.61. The molecule has 1 atom stereocenters. The second kappa shape index (κ2) is 5.01. The van der Waals surface area contributed by atoms with Crippen LogP contribution in [0.15, 0.2) is 28.7 Å². The molecule has 1 unspecified atom stereocenters. The van der Waals surface area contributed by atoms with E-state index in [-0.39, 0.29) is 6.04 Å². The van der Waals surface area contributed by atoms with Crippen molar-refractivity contribution < 1.29 is 4.42 Å². The molecular formula is C12H19NO. The Morgan fingerprint density at radius 1 is 1.50 bits per heavy atom. The van der Waals surface area contributed by atoms with E-state index in [1.165, 1.54) is 0 Å². The van der Waals surface area contributed by atoms with Crippen molar-refractivity contribution in [2.24, 2.45) is 0 Å². The molecule has 0 fully saturated rings. The van der Waals surface area contributed by atoms with Crippen LogP contribution in [0.4, 0.5) is 0 Å². The third-order valence-electron chi connectivity index (χ3n) is 2.22. The maximum Gasteiger partial charge on any atom is 0.125 e. The quantitative estimate of drug-likeness (QED) is 0.727. The second-order valence-electron chi connectivity index (χ2n) is 3.49. The van der Waals surface area contributed by atoms with Gasteiger partial charge in [-0.15, -0.1) is 0 Å². The van der Waals surface area contributed by atoms with Gasteiger partial charge in [0.15, 0.2) is 0 Å². The third kappa shape index (κ3) is 2.48. The highest BCUT2D eigenvalue weighted by atomic mass is 16.3. The lowest BCUT2D eigenvalue weighted by Gasteiger charge is -2.15. The summed E-state index contributed by atoms with van der Waals surface area (Å²) in [5.41, 5.74) is 1.09. The summed E-state index contributed by atoms with van der Waals surface area (Å²) in [7, 11) is 0. The first kappa shape index (κ1) is 11.1. The number of nitrogens with one attached hydrogen (secondary N) is 1. The smallest absolute Gasteiger partial charge is 0.125 e. The van der Waals surface area contributed by atoms with Gasteiger partial charge in [0.1, 0.15) is 11.5 Å². The summed E-state index contributed by atoms with van der Waals surface area (Å²) in [5.74, 6) is 2.00. The Hall–Kier alpha value is -1.02. The minimum Gasteiger partial charge on any atom is -0.464 e. The predicted octanol–water partition coefficient (Wildman–Crippen LogP) is 3.07. The predicted molar refractivity (Wildman–Crippen MR) is 59.3 cm³/mol. The second-order valence-corrected chi connectivity index (χ2v) is 3.49. The molecule has 1 rings (SSSR count). The summed E-state index contributed by atoms with van der Waals surface area (Å²) in [6, 6.07) is 4.21. The van der Waals surface area contributed by atoms with Crippen molar-refractivity contribution >= 4 is 0 Å². The SMILES string of the molecule is C=C(C)C(NCC)c1ccc(CC)o1. The first-order valence-corrected chi connectivity index (χ1v) is 5.16. The van der Waals surface area contributed by atoms with Gasteiger partial charge in [0, 0.05) is 6.42 Å². The zero-order chi connectivity index (χ0) is 10.6. The molecule has 1 aromatic heterocycles. The minimum atomic E-state index is 0.153. The zero-order valence-corrected chi connectivity index (χ0v) is 9.26. The van der Waals surface area contributed by atoms with Crippen molar-refractivity contribution in [2.75, 3.05) is 6.54 Å². The van der Waals surface area contributed by atoms with Gasteiger partial charge < -0.3 is 9.73 Å². The zero-order valence-electron chi connectivity index (χ0n) is 9.26. The van der Waals surface area contributed by atoms with Crippen molar-refractivity contribution in [2.45, 2.75) is 33.2 Å². The van der Waals surface area contributed by atoms with Gasteiger partial charge >= 0.3 is 0 Å². The van der Waals surface area contributed by atoms with Gasteiger partial charge in [-0.25, -0.2) is 0 Å². The Balaban J connectivity index is 2.81. The fraction of sp³-hybridized carbons (Fsp3) is 0.500. The van der Waals surface area contributed by atoms with E-state index in [2.05, 4.69) is 25.7 Å². The lowest BCUT2D eigenvalue weighted by molar-refractivity contribution is 0.423. The Morgan fingerprint density at radius 3 is 2.64 bits per heavy atom. The minimum absolute atomic E-state index is 0.153. The highest BCUT2D eigenvalue weighted by Gasteiger charge is 2.14. The maximum atomic E-state index is 5.69. The van der Waals surface area contributed by atoms with Crippen LogP contribution >= 0.6 is 0 Å². The van der Waals surface area contributed by atoms with Gasteiger partial charge in [0.2, 0.25) is 0 Å². The molecule has 0 saturated heterocycles. The standard InChI is InChI=1S/C12H19NO/c1-5-10-7-8-11(14-10)12(9(3)4)13-6-2/h7-8,12-13H,3,5-6H2,1-2,4H3. The van der Waals surface area contributed by atoms with Crippen molar-refractivity contribution in [1.82, 2.24) is 5.32 Å². The van der Waals surface area contributed by atoms with Crippen LogP contribution < -0.4 is 5.32 Å². The van der Waals surface area contributed by atoms with E-state index in [4.69, 9.17) is 4.42 Å². The van der Waals surface area contributed by atoms with Gasteiger partial charge in [-0.2, -0.15) is 0 Å². The largest absolute Gasteiger partial charge is 0.464 e. The van der Waals surface area contributed by atoms with Gasteiger partial charge in [-0.3, -0.25) is 0 Å². The first-order chi connectivity index (χ1) is 6.69. The van der Waals surface area contributed by atoms with Gasteiger partial charge in [-0.1, -0.05) is 26.0 Å². The van der Waals surface area contributed by atoms with Gasteiger partial charge in [-0.05, 0) is 25.6 Å². The molecule has 1 N–H and O–H groups in total. The number of likely N-dealkylation sites (N-methyl/N-ethyl adjacent to an activating group) is 1. The molecule has 78 valence electrons. The maximum absolute atomic E-state index is 5.69. The van der Waals surface area contributed by atoms with Crippen molar-refractivity contribution in [3.8, 4) is 0 Å². The first-order valence-electron chi connectivity index (χ1n) is 5.16. The van der Waals surface area contributed by atoms with Crippen molar-refractivity contribution in [3.05, 3.63) is 35.8 Å². The molecule has 0 radical (unpaired) electrons. The summed E-state index contributed by atoms with van der Waals surface area (Å²) >= 11 is 0. The fourth-order valence-electron chi connectivity index (χ4n) is 1.46. The van der Waals surface area contributed by atoms with E-state index in [1.807, 2.05) is 19.1 Å². The highest BCUT2D eigenvalue weighted by molar-refractivity contribution is 5.19. The number of hydrogen-bond acceptors (Lipinski definition) is 2. The lowest BCUT2D eigenvalue weighted by Crippen LogP contribution is -2.20. The molecule has 2 nitrogen and oxygen atoms in total. The summed E-state index contributed by atoms with van der Waals surface area (Å²) in [5, 5.41) is 3.34. The molecule has 1 heterocycles. The van der Waals surface area contributed by atoms with E-state index < -0.39 is 0 Å². The van der Waals surface area contributed by atoms with Crippen LogP contribution in [-0.4, -0.2) is 6.54 Å². The number of hydrogen-bond donors (Lipinski definition) is 1. The van der Waals surface area contributed by atoms with Crippen LogP contribution in [0, 0.1) is 0 Å². The van der Waals surface area contributed by atoms with E-state index in [9.17, 15) is 0 Å². The Bertz CT molecular complexity index is 301. The molecule has 2 heteroatoms. The number of rotatable bonds is 5. The number of aryl methyl sites for hydroxylation is 1. The van der Waals surface area contributed by atoms with Crippen molar-refractivity contribution in [3.63, 3.8) is 0 Å². The monoisotopic (exact) mass is 193 g/mol. The molecule has 0 bridgehead atoms. The molecule has 0 saturated carbocycles. The third-order valence-corrected chi connectivity index (χ3v) is 2.22. The Labute approximate surface area is 86.0 Å². The van der Waals surface area contributed by atoms with Crippen molar-refractivity contribution in [1.29, 1.82) is 0 Å². The summed E-state index contributed by atoms with van der Waals surface area (Å²) in [6.45, 7) is 11.1. The molecule has 0 amide bonds. The molecule has 0 aliphatic rings. The van der Waals surface area contributed by atoms with Gasteiger partial charge in [0.25, 0.3) is 0 Å². The summed E-state index contributed by atoms with van der Waals surface area (Å²) < 4.78 is 5.69. The Kier molecular flexibility index (Phi) is 3.96. The normalized spacial score (nSPS) is 12.8. The van der Waals surface area contributed by atoms with Crippen LogP contribution in [-0.2, 0) is 6.42 Å². The molecular weight excluding hydrogens is 174 g/mol. The molecule has 0 aromatic carbocycles.